The molecule has 2 aromatic rings. The second kappa shape index (κ2) is 7.42. The fourth-order valence-corrected chi connectivity index (χ4v) is 3.54. The number of hydrogen-bond donors (Lipinski definition) is 0. The number of amides is 1. The summed E-state index contributed by atoms with van der Waals surface area (Å²) in [6, 6.07) is 8.05. The highest BCUT2D eigenvalue weighted by Gasteiger charge is 2.31. The number of rotatable bonds is 3. The summed E-state index contributed by atoms with van der Waals surface area (Å²) in [5, 5.41) is 0. The van der Waals surface area contributed by atoms with E-state index in [0.29, 0.717) is 37.6 Å². The molecular formula is C18H18F3N3O3S. The second-order valence-electron chi connectivity index (χ2n) is 6.48. The summed E-state index contributed by atoms with van der Waals surface area (Å²) < 4.78 is 60.9. The molecule has 1 amide bonds. The number of pyridine rings is 1. The van der Waals surface area contributed by atoms with Gasteiger partial charge in [0.05, 0.1) is 10.5 Å². The molecule has 1 fully saturated rings. The maximum Gasteiger partial charge on any atom is 0.417 e. The van der Waals surface area contributed by atoms with Crippen molar-refractivity contribution in [1.29, 1.82) is 0 Å². The summed E-state index contributed by atoms with van der Waals surface area (Å²) >= 11 is 0. The molecule has 28 heavy (non-hydrogen) atoms. The van der Waals surface area contributed by atoms with Crippen molar-refractivity contribution in [1.82, 2.24) is 9.88 Å². The van der Waals surface area contributed by atoms with Crippen molar-refractivity contribution in [2.24, 2.45) is 0 Å². The number of piperazine rings is 1. The number of alkyl halides is 3. The first kappa shape index (κ1) is 20.1. The van der Waals surface area contributed by atoms with Gasteiger partial charge in [-0.3, -0.25) is 4.79 Å². The van der Waals surface area contributed by atoms with Gasteiger partial charge in [-0.25, -0.2) is 13.4 Å². The van der Waals surface area contributed by atoms with E-state index >= 15 is 0 Å². The summed E-state index contributed by atoms with van der Waals surface area (Å²) in [5.74, 6) is 0.206. The fourth-order valence-electron chi connectivity index (χ4n) is 2.91. The highest BCUT2D eigenvalue weighted by molar-refractivity contribution is 7.90. The molecular weight excluding hydrogens is 395 g/mol. The van der Waals surface area contributed by atoms with Crippen LogP contribution in [0.5, 0.6) is 0 Å². The van der Waals surface area contributed by atoms with E-state index in [0.717, 1.165) is 18.5 Å². The Balaban J connectivity index is 1.62. The molecule has 1 aromatic carbocycles. The van der Waals surface area contributed by atoms with Gasteiger partial charge in [0.1, 0.15) is 5.82 Å². The molecule has 10 heteroatoms. The van der Waals surface area contributed by atoms with E-state index in [4.69, 9.17) is 0 Å². The molecule has 0 saturated carbocycles. The summed E-state index contributed by atoms with van der Waals surface area (Å²) in [6.07, 6.45) is -2.53. The van der Waals surface area contributed by atoms with Crippen LogP contribution in [0, 0.1) is 0 Å². The molecule has 150 valence electrons. The lowest BCUT2D eigenvalue weighted by Gasteiger charge is -2.35. The van der Waals surface area contributed by atoms with Gasteiger partial charge in [-0.05, 0) is 36.4 Å². The van der Waals surface area contributed by atoms with Crippen LogP contribution in [0.4, 0.5) is 19.0 Å². The minimum absolute atomic E-state index is 0.141. The number of halogens is 3. The highest BCUT2D eigenvalue weighted by Crippen LogP contribution is 2.29. The molecule has 0 aliphatic carbocycles. The van der Waals surface area contributed by atoms with Crippen molar-refractivity contribution in [3.63, 3.8) is 0 Å². The molecule has 1 aliphatic heterocycles. The highest BCUT2D eigenvalue weighted by atomic mass is 32.2. The van der Waals surface area contributed by atoms with Gasteiger partial charge in [-0.2, -0.15) is 13.2 Å². The number of nitrogens with zero attached hydrogens (tertiary/aromatic N) is 3. The molecule has 0 N–H and O–H groups in total. The van der Waals surface area contributed by atoms with E-state index in [1.54, 1.807) is 4.90 Å². The predicted molar refractivity (Wildman–Crippen MR) is 96.9 cm³/mol. The molecule has 1 aliphatic rings. The largest absolute Gasteiger partial charge is 0.417 e. The zero-order valence-corrected chi connectivity index (χ0v) is 15.8. The Morgan fingerprint density at radius 2 is 1.61 bits per heavy atom. The number of anilines is 1. The molecule has 1 saturated heterocycles. The fraction of sp³-hybridized carbons (Fsp3) is 0.333. The average molecular weight is 413 g/mol. The average Bonchev–Trinajstić information content (AvgIpc) is 2.66. The Labute approximate surface area is 160 Å². The minimum atomic E-state index is -4.43. The number of carbonyl (C=O) groups excluding carboxylic acids is 1. The Morgan fingerprint density at radius 3 is 2.07 bits per heavy atom. The van der Waals surface area contributed by atoms with Crippen molar-refractivity contribution in [3.05, 3.63) is 53.7 Å². The van der Waals surface area contributed by atoms with Crippen LogP contribution in [0.2, 0.25) is 0 Å². The SMILES string of the molecule is CS(=O)(=O)c1ccc(C(=O)N2CCN(c3ccc(C(F)(F)F)cn3)CC2)cc1. The van der Waals surface area contributed by atoms with Crippen LogP contribution in [0.1, 0.15) is 15.9 Å². The standard InChI is InChI=1S/C18H18F3N3O3S/c1-28(26,27)15-5-2-13(3-6-15)17(25)24-10-8-23(9-11-24)16-7-4-14(12-22-16)18(19,20)21/h2-7,12H,8-11H2,1H3. The van der Waals surface area contributed by atoms with Crippen molar-refractivity contribution >= 4 is 21.6 Å². The zero-order chi connectivity index (χ0) is 20.5. The third kappa shape index (κ3) is 4.44. The van der Waals surface area contributed by atoms with Crippen LogP contribution in [0.25, 0.3) is 0 Å². The van der Waals surface area contributed by atoms with Crippen LogP contribution in [-0.2, 0) is 16.0 Å². The molecule has 0 atom stereocenters. The van der Waals surface area contributed by atoms with Crippen molar-refractivity contribution in [2.45, 2.75) is 11.1 Å². The van der Waals surface area contributed by atoms with Gasteiger partial charge in [-0.1, -0.05) is 0 Å². The molecule has 0 bridgehead atoms. The van der Waals surface area contributed by atoms with E-state index in [-0.39, 0.29) is 10.8 Å². The molecule has 2 heterocycles. The van der Waals surface area contributed by atoms with Gasteiger partial charge in [0.25, 0.3) is 5.91 Å². The molecule has 3 rings (SSSR count). The summed E-state index contributed by atoms with van der Waals surface area (Å²) in [7, 11) is -3.33. The van der Waals surface area contributed by atoms with Gasteiger partial charge in [0, 0.05) is 44.2 Å². The third-order valence-corrected chi connectivity index (χ3v) is 5.62. The first-order chi connectivity index (χ1) is 13.1. The van der Waals surface area contributed by atoms with Gasteiger partial charge < -0.3 is 9.80 Å². The van der Waals surface area contributed by atoms with Crippen molar-refractivity contribution < 1.29 is 26.4 Å². The Hall–Kier alpha value is -2.62. The Kier molecular flexibility index (Phi) is 5.33. The monoisotopic (exact) mass is 413 g/mol. The van der Waals surface area contributed by atoms with Gasteiger partial charge in [-0.15, -0.1) is 0 Å². The minimum Gasteiger partial charge on any atom is -0.353 e. The lowest BCUT2D eigenvalue weighted by Crippen LogP contribution is -2.49. The van der Waals surface area contributed by atoms with Crippen LogP contribution in [-0.4, -0.2) is 56.6 Å². The maximum absolute atomic E-state index is 12.6. The number of benzene rings is 1. The Bertz CT molecular complexity index is 950. The summed E-state index contributed by atoms with van der Waals surface area (Å²) in [6.45, 7) is 1.64. The number of carbonyl (C=O) groups is 1. The smallest absolute Gasteiger partial charge is 0.353 e. The van der Waals surface area contributed by atoms with Crippen LogP contribution < -0.4 is 4.90 Å². The van der Waals surface area contributed by atoms with Gasteiger partial charge in [0.15, 0.2) is 9.84 Å². The summed E-state index contributed by atoms with van der Waals surface area (Å²) in [4.78, 5) is 20.0. The molecule has 1 aromatic heterocycles. The van der Waals surface area contributed by atoms with Gasteiger partial charge in [0.2, 0.25) is 0 Å². The second-order valence-corrected chi connectivity index (χ2v) is 8.49. The normalized spacial score (nSPS) is 15.6. The van der Waals surface area contributed by atoms with Crippen LogP contribution in [0.15, 0.2) is 47.5 Å². The van der Waals surface area contributed by atoms with Gasteiger partial charge >= 0.3 is 6.18 Å². The third-order valence-electron chi connectivity index (χ3n) is 4.50. The lowest BCUT2D eigenvalue weighted by atomic mass is 10.2. The number of aromatic nitrogens is 1. The molecule has 6 nitrogen and oxygen atoms in total. The van der Waals surface area contributed by atoms with Crippen molar-refractivity contribution in [3.8, 4) is 0 Å². The molecule has 0 unspecified atom stereocenters. The first-order valence-electron chi connectivity index (χ1n) is 8.43. The van der Waals surface area contributed by atoms with E-state index < -0.39 is 21.6 Å². The van der Waals surface area contributed by atoms with E-state index in [1.807, 2.05) is 4.90 Å². The van der Waals surface area contributed by atoms with Crippen LogP contribution in [0.3, 0.4) is 0 Å². The van der Waals surface area contributed by atoms with E-state index in [2.05, 4.69) is 4.98 Å². The predicted octanol–water partition coefficient (Wildman–Crippen LogP) is 2.47. The quantitative estimate of drug-likeness (QED) is 0.773. The topological polar surface area (TPSA) is 70.6 Å². The first-order valence-corrected chi connectivity index (χ1v) is 10.3. The molecule has 0 radical (unpaired) electrons. The van der Waals surface area contributed by atoms with Crippen molar-refractivity contribution in [2.75, 3.05) is 37.3 Å². The number of hydrogen-bond acceptors (Lipinski definition) is 5. The number of sulfone groups is 1. The summed E-state index contributed by atoms with van der Waals surface area (Å²) in [5.41, 5.74) is -0.420. The zero-order valence-electron chi connectivity index (χ0n) is 15.0. The maximum atomic E-state index is 12.6. The Morgan fingerprint density at radius 1 is 1.00 bits per heavy atom. The van der Waals surface area contributed by atoms with Crippen LogP contribution >= 0.6 is 0 Å². The van der Waals surface area contributed by atoms with E-state index in [1.165, 1.54) is 30.3 Å². The molecule has 0 spiro atoms. The lowest BCUT2D eigenvalue weighted by molar-refractivity contribution is -0.137. The van der Waals surface area contributed by atoms with E-state index in [9.17, 15) is 26.4 Å².